The zero-order chi connectivity index (χ0) is 18.1. The largest absolute Gasteiger partial charge is 0.495 e. The molecule has 0 aliphatic carbocycles. The second kappa shape index (κ2) is 6.64. The van der Waals surface area contributed by atoms with E-state index in [1.165, 1.54) is 0 Å². The molecule has 1 fully saturated rings. The molecule has 2 heterocycles. The fourth-order valence-corrected chi connectivity index (χ4v) is 4.81. The topological polar surface area (TPSA) is 71.0 Å². The summed E-state index contributed by atoms with van der Waals surface area (Å²) >= 11 is 0. The number of hydrogen-bond acceptors (Lipinski definition) is 5. The second-order valence-electron chi connectivity index (χ2n) is 6.56. The molecular formula is C19H21N3O3S. The van der Waals surface area contributed by atoms with Gasteiger partial charge in [-0.3, -0.25) is 9.71 Å². The fraction of sp³-hybridized carbons (Fsp3) is 0.316. The number of methoxy groups -OCH3 is 1. The van der Waals surface area contributed by atoms with Gasteiger partial charge in [0.1, 0.15) is 11.6 Å². The summed E-state index contributed by atoms with van der Waals surface area (Å²) < 4.78 is 32.3. The van der Waals surface area contributed by atoms with Crippen molar-refractivity contribution >= 4 is 21.5 Å². The fourth-order valence-electron chi connectivity index (χ4n) is 3.56. The Bertz CT molecular complexity index is 956. The third-order valence-electron chi connectivity index (χ3n) is 4.88. The zero-order valence-electron chi connectivity index (χ0n) is 14.6. The highest BCUT2D eigenvalue weighted by molar-refractivity contribution is 7.90. The number of amidine groups is 1. The minimum Gasteiger partial charge on any atom is -0.495 e. The molecule has 2 aliphatic heterocycles. The van der Waals surface area contributed by atoms with E-state index in [-0.39, 0.29) is 0 Å². The summed E-state index contributed by atoms with van der Waals surface area (Å²) in [4.78, 5) is 7.19. The van der Waals surface area contributed by atoms with Gasteiger partial charge in [-0.2, -0.15) is 0 Å². The highest BCUT2D eigenvalue weighted by atomic mass is 32.2. The van der Waals surface area contributed by atoms with E-state index in [4.69, 9.17) is 4.74 Å². The quantitative estimate of drug-likeness (QED) is 0.895. The number of nitrogens with zero attached hydrogens (tertiary/aromatic N) is 2. The number of ether oxygens (including phenoxy) is 1. The van der Waals surface area contributed by atoms with Crippen LogP contribution in [-0.4, -0.2) is 41.0 Å². The van der Waals surface area contributed by atoms with Crippen LogP contribution in [-0.2, 0) is 10.0 Å². The Balaban J connectivity index is 1.48. The predicted molar refractivity (Wildman–Crippen MR) is 101 cm³/mol. The molecule has 1 unspecified atom stereocenters. The maximum absolute atomic E-state index is 12.2. The van der Waals surface area contributed by atoms with Gasteiger partial charge in [-0.05, 0) is 36.6 Å². The normalized spacial score (nSPS) is 22.3. The molecule has 26 heavy (non-hydrogen) atoms. The summed E-state index contributed by atoms with van der Waals surface area (Å²) in [5.74, 6) is 1.71. The molecule has 0 saturated carbocycles. The van der Waals surface area contributed by atoms with Gasteiger partial charge in [0.2, 0.25) is 0 Å². The molecule has 0 radical (unpaired) electrons. The van der Waals surface area contributed by atoms with Crippen molar-refractivity contribution in [2.75, 3.05) is 31.6 Å². The van der Waals surface area contributed by atoms with Crippen LogP contribution in [0.15, 0.2) is 58.4 Å². The SMILES string of the molecule is COc1ccccc1N1CCC(CN=C2NS(=O)(=O)c3ccccc32)C1. The van der Waals surface area contributed by atoms with Gasteiger partial charge < -0.3 is 9.64 Å². The average Bonchev–Trinajstić information content (AvgIpc) is 3.23. The Labute approximate surface area is 153 Å². The number of hydrogen-bond donors (Lipinski definition) is 1. The van der Waals surface area contributed by atoms with Crippen LogP contribution in [0, 0.1) is 5.92 Å². The molecule has 2 aliphatic rings. The number of para-hydroxylation sites is 2. The summed E-state index contributed by atoms with van der Waals surface area (Å²) in [6.07, 6.45) is 1.02. The van der Waals surface area contributed by atoms with Crippen LogP contribution in [0.5, 0.6) is 5.75 Å². The minimum atomic E-state index is -3.47. The van der Waals surface area contributed by atoms with E-state index in [0.29, 0.717) is 28.8 Å². The smallest absolute Gasteiger partial charge is 0.263 e. The summed E-state index contributed by atoms with van der Waals surface area (Å²) in [5.41, 5.74) is 1.75. The molecule has 2 aromatic rings. The molecule has 1 N–H and O–H groups in total. The van der Waals surface area contributed by atoms with Crippen molar-refractivity contribution in [1.29, 1.82) is 0 Å². The van der Waals surface area contributed by atoms with Crippen LogP contribution < -0.4 is 14.4 Å². The van der Waals surface area contributed by atoms with Gasteiger partial charge in [-0.25, -0.2) is 8.42 Å². The maximum Gasteiger partial charge on any atom is 0.263 e. The van der Waals surface area contributed by atoms with E-state index in [1.54, 1.807) is 25.3 Å². The molecule has 0 amide bonds. The van der Waals surface area contributed by atoms with Crippen LogP contribution in [0.3, 0.4) is 0 Å². The van der Waals surface area contributed by atoms with Crippen molar-refractivity contribution in [3.8, 4) is 5.75 Å². The highest BCUT2D eigenvalue weighted by Crippen LogP contribution is 2.32. The van der Waals surface area contributed by atoms with Crippen LogP contribution in [0.1, 0.15) is 12.0 Å². The molecule has 7 heteroatoms. The first-order chi connectivity index (χ1) is 12.6. The summed E-state index contributed by atoms with van der Waals surface area (Å²) in [7, 11) is -1.79. The van der Waals surface area contributed by atoms with E-state index in [9.17, 15) is 8.42 Å². The number of nitrogens with one attached hydrogen (secondary N) is 1. The van der Waals surface area contributed by atoms with Gasteiger partial charge in [0.25, 0.3) is 10.0 Å². The van der Waals surface area contributed by atoms with Crippen molar-refractivity contribution in [3.63, 3.8) is 0 Å². The monoisotopic (exact) mass is 371 g/mol. The molecule has 0 bridgehead atoms. The maximum atomic E-state index is 12.2. The molecule has 0 aromatic heterocycles. The summed E-state index contributed by atoms with van der Waals surface area (Å²) in [6.45, 7) is 2.42. The van der Waals surface area contributed by atoms with Crippen molar-refractivity contribution < 1.29 is 13.2 Å². The van der Waals surface area contributed by atoms with E-state index in [0.717, 1.165) is 30.9 Å². The Morgan fingerprint density at radius 3 is 2.81 bits per heavy atom. The van der Waals surface area contributed by atoms with E-state index < -0.39 is 10.0 Å². The molecule has 2 aromatic carbocycles. The first-order valence-corrected chi connectivity index (χ1v) is 10.1. The lowest BCUT2D eigenvalue weighted by atomic mass is 10.1. The molecule has 0 spiro atoms. The van der Waals surface area contributed by atoms with Crippen molar-refractivity contribution in [3.05, 3.63) is 54.1 Å². The van der Waals surface area contributed by atoms with E-state index in [1.807, 2.05) is 24.3 Å². The molecule has 6 nitrogen and oxygen atoms in total. The summed E-state index contributed by atoms with van der Waals surface area (Å²) in [5, 5.41) is 0. The van der Waals surface area contributed by atoms with E-state index >= 15 is 0 Å². The van der Waals surface area contributed by atoms with Gasteiger partial charge >= 0.3 is 0 Å². The molecule has 1 saturated heterocycles. The average molecular weight is 371 g/mol. The zero-order valence-corrected chi connectivity index (χ0v) is 15.4. The van der Waals surface area contributed by atoms with Gasteiger partial charge in [0, 0.05) is 25.2 Å². The van der Waals surface area contributed by atoms with Crippen molar-refractivity contribution in [1.82, 2.24) is 4.72 Å². The number of rotatable bonds is 4. The minimum absolute atomic E-state index is 0.306. The Morgan fingerprint density at radius 1 is 1.19 bits per heavy atom. The molecule has 4 rings (SSSR count). The first-order valence-electron chi connectivity index (χ1n) is 8.63. The third kappa shape index (κ3) is 3.03. The Kier molecular flexibility index (Phi) is 4.32. The second-order valence-corrected chi connectivity index (χ2v) is 8.21. The Hall–Kier alpha value is -2.54. The predicted octanol–water partition coefficient (Wildman–Crippen LogP) is 2.26. The molecular weight excluding hydrogens is 350 g/mol. The lowest BCUT2D eigenvalue weighted by molar-refractivity contribution is 0.414. The van der Waals surface area contributed by atoms with Crippen molar-refractivity contribution in [2.45, 2.75) is 11.3 Å². The lowest BCUT2D eigenvalue weighted by Crippen LogP contribution is -2.24. The number of sulfonamides is 1. The summed E-state index contributed by atoms with van der Waals surface area (Å²) in [6, 6.07) is 15.0. The lowest BCUT2D eigenvalue weighted by Gasteiger charge is -2.21. The van der Waals surface area contributed by atoms with Gasteiger partial charge in [-0.1, -0.05) is 24.3 Å². The van der Waals surface area contributed by atoms with Gasteiger partial charge in [0.15, 0.2) is 0 Å². The van der Waals surface area contributed by atoms with Gasteiger partial charge in [-0.15, -0.1) is 0 Å². The highest BCUT2D eigenvalue weighted by Gasteiger charge is 2.31. The first kappa shape index (κ1) is 16.9. The standard InChI is InChI=1S/C19H21N3O3S/c1-25-17-8-4-3-7-16(17)22-11-10-14(13-22)12-20-19-15-6-2-5-9-18(15)26(23,24)21-19/h2-9,14H,10-13H2,1H3,(H,20,21). The molecule has 1 atom stereocenters. The number of benzene rings is 2. The van der Waals surface area contributed by atoms with Gasteiger partial charge in [0.05, 0.1) is 17.7 Å². The van der Waals surface area contributed by atoms with E-state index in [2.05, 4.69) is 20.7 Å². The van der Waals surface area contributed by atoms with Crippen LogP contribution in [0.4, 0.5) is 5.69 Å². The van der Waals surface area contributed by atoms with Crippen molar-refractivity contribution in [2.24, 2.45) is 10.9 Å². The third-order valence-corrected chi connectivity index (χ3v) is 6.28. The number of anilines is 1. The number of fused-ring (bicyclic) bond motifs is 1. The Morgan fingerprint density at radius 2 is 1.96 bits per heavy atom. The molecule has 136 valence electrons. The number of aliphatic imine (C=N–C) groups is 1. The van der Waals surface area contributed by atoms with Crippen LogP contribution in [0.2, 0.25) is 0 Å². The van der Waals surface area contributed by atoms with Crippen LogP contribution >= 0.6 is 0 Å². The van der Waals surface area contributed by atoms with Crippen LogP contribution in [0.25, 0.3) is 0 Å².